The van der Waals surface area contributed by atoms with Gasteiger partial charge in [-0.15, -0.1) is 0 Å². The number of carbonyl (C=O) groups excluding carboxylic acids is 2. The number of urea groups is 1. The van der Waals surface area contributed by atoms with Crippen LogP contribution in [0.1, 0.15) is 25.7 Å². The van der Waals surface area contributed by atoms with Crippen LogP contribution in [-0.2, 0) is 4.79 Å². The quantitative estimate of drug-likeness (QED) is 0.652. The number of nitrogens with one attached hydrogen (secondary N) is 1. The van der Waals surface area contributed by atoms with Gasteiger partial charge in [-0.2, -0.15) is 4.99 Å². The van der Waals surface area contributed by atoms with E-state index in [1.165, 1.54) is 30.0 Å². The average molecular weight is 360 g/mol. The van der Waals surface area contributed by atoms with Crippen LogP contribution in [0.25, 0.3) is 0 Å². The minimum atomic E-state index is -0.544. The predicted molar refractivity (Wildman–Crippen MR) is 96.4 cm³/mol. The van der Waals surface area contributed by atoms with Crippen molar-refractivity contribution in [1.29, 1.82) is 0 Å². The zero-order valence-corrected chi connectivity index (χ0v) is 14.1. The van der Waals surface area contributed by atoms with E-state index in [1.807, 2.05) is 0 Å². The van der Waals surface area contributed by atoms with Gasteiger partial charge in [-0.3, -0.25) is 14.9 Å². The van der Waals surface area contributed by atoms with Crippen LogP contribution in [0.15, 0.2) is 34.3 Å². The molecule has 9 heteroatoms. The maximum Gasteiger partial charge on any atom is 0.367 e. The molecule has 1 atom stereocenters. The van der Waals surface area contributed by atoms with E-state index in [4.69, 9.17) is 0 Å². The Morgan fingerprint density at radius 1 is 1.32 bits per heavy atom. The van der Waals surface area contributed by atoms with Crippen molar-refractivity contribution in [2.24, 2.45) is 15.9 Å². The summed E-state index contributed by atoms with van der Waals surface area (Å²) in [6.07, 6.45) is 3.72. The van der Waals surface area contributed by atoms with E-state index >= 15 is 0 Å². The standard InChI is InChI=1S/C16H16N4O4S/c21-14(17-12-7-3-4-8-13(12)20(23)24)9-25-15-10-5-1-2-6-11(10)18-16(22)19-15/h3-4,7-8,10H,1-2,5-6,9H2,(H,17,21). The van der Waals surface area contributed by atoms with Gasteiger partial charge in [0.15, 0.2) is 0 Å². The second-order valence-corrected chi connectivity index (χ2v) is 6.74. The second-order valence-electron chi connectivity index (χ2n) is 5.75. The number of nitro benzene ring substituents is 1. The van der Waals surface area contributed by atoms with E-state index in [1.54, 1.807) is 6.07 Å². The fraction of sp³-hybridized carbons (Fsp3) is 0.375. The molecule has 25 heavy (non-hydrogen) atoms. The van der Waals surface area contributed by atoms with Gasteiger partial charge in [0.05, 0.1) is 15.7 Å². The van der Waals surface area contributed by atoms with Crippen molar-refractivity contribution in [2.45, 2.75) is 25.7 Å². The van der Waals surface area contributed by atoms with Crippen molar-refractivity contribution in [1.82, 2.24) is 0 Å². The van der Waals surface area contributed by atoms with E-state index < -0.39 is 11.0 Å². The molecular formula is C16H16N4O4S. The number of para-hydroxylation sites is 2. The Labute approximate surface area is 148 Å². The highest BCUT2D eigenvalue weighted by Gasteiger charge is 2.30. The highest BCUT2D eigenvalue weighted by atomic mass is 32.2. The number of anilines is 1. The van der Waals surface area contributed by atoms with Crippen LogP contribution in [0, 0.1) is 16.0 Å². The largest absolute Gasteiger partial charge is 0.367 e. The molecule has 3 amide bonds. The first-order chi connectivity index (χ1) is 12.0. The van der Waals surface area contributed by atoms with E-state index in [0.717, 1.165) is 31.4 Å². The summed E-state index contributed by atoms with van der Waals surface area (Å²) in [5.74, 6) is -0.327. The van der Waals surface area contributed by atoms with Gasteiger partial charge in [0, 0.05) is 17.7 Å². The monoisotopic (exact) mass is 360 g/mol. The lowest BCUT2D eigenvalue weighted by Gasteiger charge is -2.26. The van der Waals surface area contributed by atoms with E-state index in [0.29, 0.717) is 5.04 Å². The first-order valence-electron chi connectivity index (χ1n) is 7.90. The molecule has 3 rings (SSSR count). The molecule has 0 saturated heterocycles. The maximum absolute atomic E-state index is 12.1. The van der Waals surface area contributed by atoms with E-state index in [9.17, 15) is 19.7 Å². The summed E-state index contributed by atoms with van der Waals surface area (Å²) >= 11 is 1.19. The number of benzene rings is 1. The third-order valence-corrected chi connectivity index (χ3v) is 5.13. The number of hydrogen-bond acceptors (Lipinski definition) is 5. The van der Waals surface area contributed by atoms with Gasteiger partial charge in [0.2, 0.25) is 5.91 Å². The molecular weight excluding hydrogens is 344 g/mol. The van der Waals surface area contributed by atoms with Gasteiger partial charge in [-0.05, 0) is 25.3 Å². The van der Waals surface area contributed by atoms with Gasteiger partial charge in [-0.25, -0.2) is 9.79 Å². The van der Waals surface area contributed by atoms with Gasteiger partial charge < -0.3 is 5.32 Å². The smallest absolute Gasteiger partial charge is 0.320 e. The van der Waals surface area contributed by atoms with Gasteiger partial charge in [0.25, 0.3) is 5.69 Å². The highest BCUT2D eigenvalue weighted by molar-refractivity contribution is 8.14. The number of nitro groups is 1. The Balaban J connectivity index is 1.63. The molecule has 1 aromatic rings. The lowest BCUT2D eigenvalue weighted by molar-refractivity contribution is -0.383. The molecule has 0 aromatic heterocycles. The van der Waals surface area contributed by atoms with Crippen molar-refractivity contribution < 1.29 is 14.5 Å². The first kappa shape index (κ1) is 17.3. The number of fused-ring (bicyclic) bond motifs is 1. The zero-order chi connectivity index (χ0) is 17.8. The molecule has 0 bridgehead atoms. The number of nitrogens with zero attached hydrogens (tertiary/aromatic N) is 3. The summed E-state index contributed by atoms with van der Waals surface area (Å²) < 4.78 is 0. The summed E-state index contributed by atoms with van der Waals surface area (Å²) in [5.41, 5.74) is 0.847. The molecule has 1 aliphatic carbocycles. The topological polar surface area (TPSA) is 114 Å². The van der Waals surface area contributed by atoms with E-state index in [-0.39, 0.29) is 29.0 Å². The lowest BCUT2D eigenvalue weighted by atomic mass is 9.87. The maximum atomic E-state index is 12.1. The molecule has 1 heterocycles. The Morgan fingerprint density at radius 3 is 2.92 bits per heavy atom. The lowest BCUT2D eigenvalue weighted by Crippen LogP contribution is -2.31. The molecule has 0 spiro atoms. The number of rotatable bonds is 4. The molecule has 1 unspecified atom stereocenters. The number of aliphatic imine (C=N–C) groups is 2. The summed E-state index contributed by atoms with van der Waals surface area (Å²) in [6.45, 7) is 0. The molecule has 1 saturated carbocycles. The van der Waals surface area contributed by atoms with Gasteiger partial charge in [0.1, 0.15) is 5.69 Å². The summed E-state index contributed by atoms with van der Waals surface area (Å²) in [4.78, 5) is 42.1. The van der Waals surface area contributed by atoms with E-state index in [2.05, 4.69) is 15.3 Å². The number of amides is 3. The minimum absolute atomic E-state index is 0.0234. The summed E-state index contributed by atoms with van der Waals surface area (Å²) in [7, 11) is 0. The molecule has 1 fully saturated rings. The van der Waals surface area contributed by atoms with Crippen molar-refractivity contribution in [3.8, 4) is 0 Å². The van der Waals surface area contributed by atoms with Crippen LogP contribution in [0.5, 0.6) is 0 Å². The van der Waals surface area contributed by atoms with Crippen LogP contribution >= 0.6 is 11.8 Å². The van der Waals surface area contributed by atoms with Crippen LogP contribution in [0.2, 0.25) is 0 Å². The Kier molecular flexibility index (Phi) is 5.22. The van der Waals surface area contributed by atoms with Crippen molar-refractivity contribution in [2.75, 3.05) is 11.1 Å². The normalized spacial score (nSPS) is 19.5. The number of hydrogen-bond donors (Lipinski definition) is 1. The fourth-order valence-electron chi connectivity index (χ4n) is 2.91. The molecule has 8 nitrogen and oxygen atoms in total. The third-order valence-electron chi connectivity index (χ3n) is 4.05. The fourth-order valence-corrected chi connectivity index (χ4v) is 3.86. The zero-order valence-electron chi connectivity index (χ0n) is 13.3. The molecule has 130 valence electrons. The molecule has 0 radical (unpaired) electrons. The summed E-state index contributed by atoms with van der Waals surface area (Å²) in [5, 5.41) is 14.1. The minimum Gasteiger partial charge on any atom is -0.320 e. The Hall–Kier alpha value is -2.55. The Bertz CT molecular complexity index is 790. The average Bonchev–Trinajstić information content (AvgIpc) is 2.59. The van der Waals surface area contributed by atoms with Crippen molar-refractivity contribution in [3.63, 3.8) is 0 Å². The van der Waals surface area contributed by atoms with Crippen LogP contribution < -0.4 is 5.32 Å². The van der Waals surface area contributed by atoms with Crippen LogP contribution in [0.3, 0.4) is 0 Å². The predicted octanol–water partition coefficient (Wildman–Crippen LogP) is 3.43. The molecule has 2 aliphatic rings. The third kappa shape index (κ3) is 4.11. The van der Waals surface area contributed by atoms with Crippen LogP contribution in [-0.4, -0.2) is 33.4 Å². The van der Waals surface area contributed by atoms with Crippen LogP contribution in [0.4, 0.5) is 16.2 Å². The SMILES string of the molecule is O=C1N=C2CCCCC2C(SCC(=O)Nc2ccccc2[N+](=O)[O-])=N1. The summed E-state index contributed by atoms with van der Waals surface area (Å²) in [6, 6.07) is 5.44. The van der Waals surface area contributed by atoms with Crippen molar-refractivity contribution in [3.05, 3.63) is 34.4 Å². The van der Waals surface area contributed by atoms with Crippen molar-refractivity contribution >= 4 is 45.8 Å². The van der Waals surface area contributed by atoms with Gasteiger partial charge >= 0.3 is 6.03 Å². The highest BCUT2D eigenvalue weighted by Crippen LogP contribution is 2.30. The molecule has 1 N–H and O–H groups in total. The Morgan fingerprint density at radius 2 is 2.12 bits per heavy atom. The molecule has 1 aromatic carbocycles. The first-order valence-corrected chi connectivity index (χ1v) is 8.89. The second kappa shape index (κ2) is 7.56. The number of thioether (sulfide) groups is 1. The van der Waals surface area contributed by atoms with Gasteiger partial charge in [-0.1, -0.05) is 30.3 Å². The number of carbonyl (C=O) groups is 2. The molecule has 1 aliphatic heterocycles.